The fourth-order valence-corrected chi connectivity index (χ4v) is 2.73. The Morgan fingerprint density at radius 3 is 3.00 bits per heavy atom. The molecular formula is C19H17N5O2. The van der Waals surface area contributed by atoms with E-state index >= 15 is 0 Å². The molecule has 130 valence electrons. The van der Waals surface area contributed by atoms with Gasteiger partial charge in [0.2, 0.25) is 0 Å². The molecule has 0 fully saturated rings. The first-order chi connectivity index (χ1) is 12.7. The van der Waals surface area contributed by atoms with Gasteiger partial charge >= 0.3 is 0 Å². The number of carbonyl (C=O) groups excluding carboxylic acids is 1. The van der Waals surface area contributed by atoms with E-state index in [0.717, 1.165) is 22.2 Å². The number of pyridine rings is 1. The van der Waals surface area contributed by atoms with Crippen LogP contribution in [0.5, 0.6) is 0 Å². The van der Waals surface area contributed by atoms with Crippen molar-refractivity contribution in [1.29, 1.82) is 0 Å². The Hall–Kier alpha value is -3.48. The van der Waals surface area contributed by atoms with Crippen LogP contribution in [-0.2, 0) is 6.42 Å². The Morgan fingerprint density at radius 1 is 1.23 bits per heavy atom. The fraction of sp³-hybridized carbons (Fsp3) is 0.158. The summed E-state index contributed by atoms with van der Waals surface area (Å²) in [6.45, 7) is 0.555. The van der Waals surface area contributed by atoms with Crippen molar-refractivity contribution in [1.82, 2.24) is 25.2 Å². The average molecular weight is 347 g/mol. The molecule has 7 heteroatoms. The lowest BCUT2D eigenvalue weighted by molar-refractivity contribution is 0.0786. The predicted octanol–water partition coefficient (Wildman–Crippen LogP) is 2.93. The first-order valence-electron chi connectivity index (χ1n) is 8.26. The predicted molar refractivity (Wildman–Crippen MR) is 96.5 cm³/mol. The monoisotopic (exact) mass is 347 g/mol. The zero-order valence-electron chi connectivity index (χ0n) is 14.2. The molecule has 0 aliphatic rings. The van der Waals surface area contributed by atoms with Gasteiger partial charge in [0.25, 0.3) is 5.91 Å². The van der Waals surface area contributed by atoms with Crippen molar-refractivity contribution in [2.24, 2.45) is 0 Å². The summed E-state index contributed by atoms with van der Waals surface area (Å²) < 4.78 is 5.37. The van der Waals surface area contributed by atoms with Crippen LogP contribution in [0.15, 0.2) is 59.4 Å². The lowest BCUT2D eigenvalue weighted by Crippen LogP contribution is -2.29. The maximum Gasteiger partial charge on any atom is 0.275 e. The van der Waals surface area contributed by atoms with Crippen molar-refractivity contribution in [3.8, 4) is 11.3 Å². The largest absolute Gasteiger partial charge is 0.355 e. The average Bonchev–Trinajstić information content (AvgIpc) is 3.35. The number of nitrogens with zero attached hydrogens (tertiary/aromatic N) is 4. The van der Waals surface area contributed by atoms with Gasteiger partial charge in [0.05, 0.1) is 11.7 Å². The van der Waals surface area contributed by atoms with Crippen LogP contribution in [0.3, 0.4) is 0 Å². The number of hydrogen-bond acceptors (Lipinski definition) is 5. The number of rotatable bonds is 5. The standard InChI is InChI=1S/C19H17N5O2/c1-24(9-7-15-4-2-3-8-20-15)19(25)17-11-18(26-23-17)13-5-6-16-14(10-13)12-21-22-16/h2-6,8,10-12H,7,9H2,1H3,(H,21,22). The van der Waals surface area contributed by atoms with E-state index in [2.05, 4.69) is 20.3 Å². The second kappa shape index (κ2) is 6.79. The minimum Gasteiger partial charge on any atom is -0.355 e. The number of hydrogen-bond donors (Lipinski definition) is 1. The van der Waals surface area contributed by atoms with E-state index in [0.29, 0.717) is 18.7 Å². The number of carbonyl (C=O) groups is 1. The third-order valence-electron chi connectivity index (χ3n) is 4.23. The van der Waals surface area contributed by atoms with Crippen LogP contribution in [0, 0.1) is 0 Å². The molecular weight excluding hydrogens is 330 g/mol. The van der Waals surface area contributed by atoms with Crippen molar-refractivity contribution in [2.45, 2.75) is 6.42 Å². The van der Waals surface area contributed by atoms with Crippen LogP contribution in [0.2, 0.25) is 0 Å². The van der Waals surface area contributed by atoms with Gasteiger partial charge in [-0.3, -0.25) is 14.9 Å². The molecule has 0 saturated carbocycles. The molecule has 7 nitrogen and oxygen atoms in total. The summed E-state index contributed by atoms with van der Waals surface area (Å²) in [5.41, 5.74) is 3.03. The Balaban J connectivity index is 1.47. The molecule has 0 atom stereocenters. The molecule has 0 bridgehead atoms. The molecule has 0 radical (unpaired) electrons. The summed E-state index contributed by atoms with van der Waals surface area (Å²) in [5.74, 6) is 0.370. The van der Waals surface area contributed by atoms with Crippen molar-refractivity contribution in [2.75, 3.05) is 13.6 Å². The number of aromatic nitrogens is 4. The highest BCUT2D eigenvalue weighted by molar-refractivity contribution is 5.93. The quantitative estimate of drug-likeness (QED) is 0.600. The molecule has 0 aliphatic carbocycles. The first-order valence-corrected chi connectivity index (χ1v) is 8.26. The van der Waals surface area contributed by atoms with Crippen molar-refractivity contribution in [3.05, 3.63) is 66.2 Å². The van der Waals surface area contributed by atoms with Crippen LogP contribution >= 0.6 is 0 Å². The second-order valence-corrected chi connectivity index (χ2v) is 6.05. The minimum absolute atomic E-state index is 0.180. The van der Waals surface area contributed by atoms with Gasteiger partial charge in [-0.1, -0.05) is 11.2 Å². The molecule has 0 saturated heterocycles. The zero-order chi connectivity index (χ0) is 17.9. The molecule has 26 heavy (non-hydrogen) atoms. The highest BCUT2D eigenvalue weighted by atomic mass is 16.5. The minimum atomic E-state index is -0.180. The van der Waals surface area contributed by atoms with E-state index in [9.17, 15) is 4.79 Å². The maximum absolute atomic E-state index is 12.5. The first kappa shape index (κ1) is 16.0. The Morgan fingerprint density at radius 2 is 2.15 bits per heavy atom. The maximum atomic E-state index is 12.5. The van der Waals surface area contributed by atoms with Crippen molar-refractivity contribution >= 4 is 16.8 Å². The number of H-pyrrole nitrogens is 1. The van der Waals surface area contributed by atoms with E-state index in [4.69, 9.17) is 4.52 Å². The molecule has 3 heterocycles. The van der Waals surface area contributed by atoms with Gasteiger partial charge < -0.3 is 9.42 Å². The van der Waals surface area contributed by atoms with E-state index in [-0.39, 0.29) is 11.6 Å². The van der Waals surface area contributed by atoms with E-state index in [1.54, 1.807) is 30.4 Å². The van der Waals surface area contributed by atoms with Crippen LogP contribution in [-0.4, -0.2) is 44.7 Å². The van der Waals surface area contributed by atoms with Gasteiger partial charge in [-0.25, -0.2) is 0 Å². The molecule has 4 aromatic rings. The van der Waals surface area contributed by atoms with E-state index in [1.165, 1.54) is 0 Å². The Kier molecular flexibility index (Phi) is 4.18. The lowest BCUT2D eigenvalue weighted by atomic mass is 10.1. The molecule has 0 spiro atoms. The van der Waals surface area contributed by atoms with Crippen LogP contribution < -0.4 is 0 Å². The van der Waals surface area contributed by atoms with E-state index in [1.807, 2.05) is 36.4 Å². The highest BCUT2D eigenvalue weighted by Crippen LogP contribution is 2.24. The number of nitrogens with one attached hydrogen (secondary N) is 1. The van der Waals surface area contributed by atoms with Crippen LogP contribution in [0.4, 0.5) is 0 Å². The number of aromatic amines is 1. The lowest BCUT2D eigenvalue weighted by Gasteiger charge is -2.14. The second-order valence-electron chi connectivity index (χ2n) is 6.05. The van der Waals surface area contributed by atoms with Gasteiger partial charge in [-0.2, -0.15) is 5.10 Å². The van der Waals surface area contributed by atoms with Crippen molar-refractivity contribution < 1.29 is 9.32 Å². The normalized spacial score (nSPS) is 11.0. The molecule has 1 N–H and O–H groups in total. The third-order valence-corrected chi connectivity index (χ3v) is 4.23. The summed E-state index contributed by atoms with van der Waals surface area (Å²) in [7, 11) is 1.75. The molecule has 3 aromatic heterocycles. The SMILES string of the molecule is CN(CCc1ccccn1)C(=O)c1cc(-c2ccc3[nH]ncc3c2)on1. The smallest absolute Gasteiger partial charge is 0.275 e. The number of amides is 1. The van der Waals surface area contributed by atoms with Crippen LogP contribution in [0.1, 0.15) is 16.2 Å². The summed E-state index contributed by atoms with van der Waals surface area (Å²) in [6, 6.07) is 13.2. The van der Waals surface area contributed by atoms with E-state index < -0.39 is 0 Å². The van der Waals surface area contributed by atoms with Gasteiger partial charge in [0.1, 0.15) is 0 Å². The van der Waals surface area contributed by atoms with Gasteiger partial charge in [-0.05, 0) is 30.3 Å². The number of likely N-dealkylation sites (N-methyl/N-ethyl adjacent to an activating group) is 1. The fourth-order valence-electron chi connectivity index (χ4n) is 2.73. The van der Waals surface area contributed by atoms with Crippen LogP contribution in [0.25, 0.3) is 22.2 Å². The van der Waals surface area contributed by atoms with Crippen molar-refractivity contribution in [3.63, 3.8) is 0 Å². The zero-order valence-corrected chi connectivity index (χ0v) is 14.2. The topological polar surface area (TPSA) is 87.9 Å². The van der Waals surface area contributed by atoms with Gasteiger partial charge in [0, 0.05) is 48.9 Å². The van der Waals surface area contributed by atoms with Gasteiger partial charge in [0.15, 0.2) is 11.5 Å². The van der Waals surface area contributed by atoms with Gasteiger partial charge in [-0.15, -0.1) is 0 Å². The molecule has 4 rings (SSSR count). The Labute approximate surface area is 149 Å². The number of fused-ring (bicyclic) bond motifs is 1. The molecule has 0 aliphatic heterocycles. The summed E-state index contributed by atoms with van der Waals surface area (Å²) in [5, 5.41) is 11.8. The summed E-state index contributed by atoms with van der Waals surface area (Å²) in [6.07, 6.45) is 4.18. The molecule has 1 amide bonds. The Bertz CT molecular complexity index is 1040. The summed E-state index contributed by atoms with van der Waals surface area (Å²) in [4.78, 5) is 18.4. The third kappa shape index (κ3) is 3.19. The summed E-state index contributed by atoms with van der Waals surface area (Å²) >= 11 is 0. The number of benzene rings is 1. The highest BCUT2D eigenvalue weighted by Gasteiger charge is 2.18. The molecule has 0 unspecified atom stereocenters. The molecule has 1 aromatic carbocycles.